The number of imidazole rings is 1. The maximum Gasteiger partial charge on any atom is 0.260 e. The Morgan fingerprint density at radius 1 is 1.03 bits per heavy atom. The molecule has 0 unspecified atom stereocenters. The van der Waals surface area contributed by atoms with Gasteiger partial charge in [0.2, 0.25) is 0 Å². The van der Waals surface area contributed by atoms with E-state index in [2.05, 4.69) is 9.97 Å². The molecule has 0 aliphatic rings. The average molecular weight is 491 g/mol. The molecule has 176 valence electrons. The molecular formula is C26H20F2N4O2S. The molecule has 35 heavy (non-hydrogen) atoms. The average Bonchev–Trinajstić information content (AvgIpc) is 3.53. The Balaban J connectivity index is 1.40. The summed E-state index contributed by atoms with van der Waals surface area (Å²) < 4.78 is 36.1. The molecule has 5 aromatic rings. The summed E-state index contributed by atoms with van der Waals surface area (Å²) in [7, 11) is 0. The number of anilines is 1. The van der Waals surface area contributed by atoms with Crippen molar-refractivity contribution in [2.75, 3.05) is 11.4 Å². The topological polar surface area (TPSA) is 60.2 Å². The molecule has 0 saturated carbocycles. The molecule has 9 heteroatoms. The lowest BCUT2D eigenvalue weighted by atomic mass is 10.2. The second kappa shape index (κ2) is 10.0. The van der Waals surface area contributed by atoms with Crippen molar-refractivity contribution in [1.82, 2.24) is 14.5 Å². The van der Waals surface area contributed by atoms with E-state index in [-0.39, 0.29) is 11.4 Å². The number of ether oxygens (including phenoxy) is 1. The maximum atomic E-state index is 14.3. The highest BCUT2D eigenvalue weighted by molar-refractivity contribution is 7.22. The van der Waals surface area contributed by atoms with Gasteiger partial charge in [-0.2, -0.15) is 0 Å². The minimum Gasteiger partial charge on any atom is -0.457 e. The first-order valence-electron chi connectivity index (χ1n) is 10.9. The first-order valence-corrected chi connectivity index (χ1v) is 11.7. The summed E-state index contributed by atoms with van der Waals surface area (Å²) in [6, 6.07) is 18.2. The number of rotatable bonds is 8. The second-order valence-electron chi connectivity index (χ2n) is 7.78. The van der Waals surface area contributed by atoms with Crippen LogP contribution >= 0.6 is 11.3 Å². The van der Waals surface area contributed by atoms with Crippen molar-refractivity contribution in [1.29, 1.82) is 0 Å². The molecule has 2 heterocycles. The molecule has 0 bridgehead atoms. The van der Waals surface area contributed by atoms with Crippen LogP contribution in [-0.4, -0.2) is 27.0 Å². The fourth-order valence-corrected chi connectivity index (χ4v) is 4.65. The Labute approximate surface area is 204 Å². The number of hydrogen-bond acceptors (Lipinski definition) is 5. The van der Waals surface area contributed by atoms with Gasteiger partial charge in [0.15, 0.2) is 10.9 Å². The van der Waals surface area contributed by atoms with Crippen molar-refractivity contribution in [3.05, 3.63) is 103 Å². The number of hydrogen-bond donors (Lipinski definition) is 0. The number of fused-ring (bicyclic) bond motifs is 1. The number of aryl methyl sites for hydroxylation is 1. The van der Waals surface area contributed by atoms with Crippen molar-refractivity contribution in [2.45, 2.75) is 13.0 Å². The highest BCUT2D eigenvalue weighted by atomic mass is 32.1. The summed E-state index contributed by atoms with van der Waals surface area (Å²) in [4.78, 5) is 23.4. The third kappa shape index (κ3) is 5.20. The van der Waals surface area contributed by atoms with E-state index in [0.29, 0.717) is 46.4 Å². The summed E-state index contributed by atoms with van der Waals surface area (Å²) in [6.45, 7) is 0.977. The van der Waals surface area contributed by atoms with Gasteiger partial charge >= 0.3 is 0 Å². The molecule has 0 spiro atoms. The summed E-state index contributed by atoms with van der Waals surface area (Å²) >= 11 is 1.08. The molecule has 0 saturated heterocycles. The van der Waals surface area contributed by atoms with Gasteiger partial charge in [0, 0.05) is 37.1 Å². The van der Waals surface area contributed by atoms with Gasteiger partial charge in [0.25, 0.3) is 5.91 Å². The summed E-state index contributed by atoms with van der Waals surface area (Å²) in [6.07, 6.45) is 5.85. The van der Waals surface area contributed by atoms with E-state index in [9.17, 15) is 13.6 Å². The summed E-state index contributed by atoms with van der Waals surface area (Å²) in [5, 5.41) is 0.310. The van der Waals surface area contributed by atoms with Gasteiger partial charge in [-0.3, -0.25) is 9.69 Å². The standard InChI is InChI=1S/C26H20F2N4O2S/c27-19-15-22(28)24-23(16-19)35-26(30-24)32(13-4-12-31-14-11-29-17-31)25(33)18-7-9-21(10-8-18)34-20-5-2-1-3-6-20/h1-3,5-11,14-17H,4,12-13H2. The van der Waals surface area contributed by atoms with Crippen LogP contribution < -0.4 is 9.64 Å². The highest BCUT2D eigenvalue weighted by Crippen LogP contribution is 2.32. The van der Waals surface area contributed by atoms with Crippen molar-refractivity contribution in [3.8, 4) is 11.5 Å². The van der Waals surface area contributed by atoms with Gasteiger partial charge in [-0.15, -0.1) is 0 Å². The predicted octanol–water partition coefficient (Wildman–Crippen LogP) is 6.30. The number of benzene rings is 3. The van der Waals surface area contributed by atoms with Crippen LogP contribution in [0.1, 0.15) is 16.8 Å². The fourth-order valence-electron chi connectivity index (χ4n) is 3.62. The molecular weight excluding hydrogens is 470 g/mol. The number of carbonyl (C=O) groups is 1. The minimum absolute atomic E-state index is 0.0467. The van der Waals surface area contributed by atoms with E-state index in [1.807, 2.05) is 41.1 Å². The second-order valence-corrected chi connectivity index (χ2v) is 8.79. The third-order valence-electron chi connectivity index (χ3n) is 5.32. The number of para-hydroxylation sites is 1. The van der Waals surface area contributed by atoms with E-state index in [1.54, 1.807) is 36.8 Å². The molecule has 0 N–H and O–H groups in total. The molecule has 0 radical (unpaired) electrons. The van der Waals surface area contributed by atoms with Gasteiger partial charge in [-0.1, -0.05) is 29.5 Å². The molecule has 5 rings (SSSR count). The Hall–Kier alpha value is -4.11. The number of aromatic nitrogens is 3. The van der Waals surface area contributed by atoms with Crippen molar-refractivity contribution < 1.29 is 18.3 Å². The molecule has 3 aromatic carbocycles. The number of thiazole rings is 1. The van der Waals surface area contributed by atoms with Crippen molar-refractivity contribution in [2.24, 2.45) is 0 Å². The molecule has 0 fully saturated rings. The van der Waals surface area contributed by atoms with Crippen molar-refractivity contribution in [3.63, 3.8) is 0 Å². The minimum atomic E-state index is -0.754. The van der Waals surface area contributed by atoms with Crippen LogP contribution in [-0.2, 0) is 6.54 Å². The molecule has 2 aromatic heterocycles. The van der Waals surface area contributed by atoms with Crippen LogP contribution in [0.25, 0.3) is 10.2 Å². The Bertz CT molecular complexity index is 1440. The largest absolute Gasteiger partial charge is 0.457 e. The number of carbonyl (C=O) groups excluding carboxylic acids is 1. The van der Waals surface area contributed by atoms with E-state index in [0.717, 1.165) is 17.4 Å². The van der Waals surface area contributed by atoms with E-state index < -0.39 is 11.6 Å². The van der Waals surface area contributed by atoms with Crippen LogP contribution in [0.15, 0.2) is 85.5 Å². The lowest BCUT2D eigenvalue weighted by Crippen LogP contribution is -2.32. The van der Waals surface area contributed by atoms with Crippen LogP contribution in [0, 0.1) is 11.6 Å². The SMILES string of the molecule is O=C(c1ccc(Oc2ccccc2)cc1)N(CCCn1ccnc1)c1nc2c(F)cc(F)cc2s1. The van der Waals surface area contributed by atoms with E-state index >= 15 is 0 Å². The molecule has 0 atom stereocenters. The monoisotopic (exact) mass is 490 g/mol. The van der Waals surface area contributed by atoms with Gasteiger partial charge in [-0.25, -0.2) is 18.7 Å². The van der Waals surface area contributed by atoms with Crippen LogP contribution in [0.2, 0.25) is 0 Å². The molecule has 1 amide bonds. The van der Waals surface area contributed by atoms with Gasteiger partial charge in [0.1, 0.15) is 22.8 Å². The quantitative estimate of drug-likeness (QED) is 0.256. The molecule has 6 nitrogen and oxygen atoms in total. The highest BCUT2D eigenvalue weighted by Gasteiger charge is 2.22. The number of halogens is 2. The Kier molecular flexibility index (Phi) is 6.49. The lowest BCUT2D eigenvalue weighted by molar-refractivity contribution is 0.0986. The fraction of sp³-hybridized carbons (Fsp3) is 0.115. The Morgan fingerprint density at radius 2 is 1.80 bits per heavy atom. The lowest BCUT2D eigenvalue weighted by Gasteiger charge is -2.20. The summed E-state index contributed by atoms with van der Waals surface area (Å²) in [5.41, 5.74) is 0.476. The van der Waals surface area contributed by atoms with Gasteiger partial charge in [-0.05, 0) is 48.9 Å². The first-order chi connectivity index (χ1) is 17.1. The van der Waals surface area contributed by atoms with Gasteiger partial charge in [0.05, 0.1) is 11.0 Å². The first kappa shape index (κ1) is 22.7. The molecule has 0 aliphatic heterocycles. The third-order valence-corrected chi connectivity index (χ3v) is 6.34. The normalized spacial score (nSPS) is 11.0. The number of nitrogens with zero attached hydrogens (tertiary/aromatic N) is 4. The van der Waals surface area contributed by atoms with E-state index in [1.165, 1.54) is 11.0 Å². The van der Waals surface area contributed by atoms with Crippen LogP contribution in [0.3, 0.4) is 0 Å². The Morgan fingerprint density at radius 3 is 2.54 bits per heavy atom. The zero-order chi connectivity index (χ0) is 24.2. The zero-order valence-electron chi connectivity index (χ0n) is 18.5. The number of amides is 1. The predicted molar refractivity (Wildman–Crippen MR) is 131 cm³/mol. The van der Waals surface area contributed by atoms with Gasteiger partial charge < -0.3 is 9.30 Å². The maximum absolute atomic E-state index is 14.3. The van der Waals surface area contributed by atoms with Crippen LogP contribution in [0.4, 0.5) is 13.9 Å². The summed E-state index contributed by atoms with van der Waals surface area (Å²) in [5.74, 6) is -0.442. The smallest absolute Gasteiger partial charge is 0.260 e. The van der Waals surface area contributed by atoms with Crippen molar-refractivity contribution >= 4 is 32.6 Å². The van der Waals surface area contributed by atoms with Crippen LogP contribution in [0.5, 0.6) is 11.5 Å². The zero-order valence-corrected chi connectivity index (χ0v) is 19.3. The van der Waals surface area contributed by atoms with E-state index in [4.69, 9.17) is 4.74 Å². The molecule has 0 aliphatic carbocycles.